The van der Waals surface area contributed by atoms with Gasteiger partial charge in [0.2, 0.25) is 10.0 Å². The number of nitrogens with two attached hydrogens (primary N) is 1. The van der Waals surface area contributed by atoms with Crippen LogP contribution in [0.15, 0.2) is 77.7 Å². The summed E-state index contributed by atoms with van der Waals surface area (Å²) < 4.78 is 24.9. The Labute approximate surface area is 178 Å². The number of benzene rings is 3. The Morgan fingerprint density at radius 1 is 0.867 bits per heavy atom. The van der Waals surface area contributed by atoms with Crippen molar-refractivity contribution >= 4 is 15.7 Å². The molecule has 3 rings (SSSR count). The molecule has 5 N–H and O–H groups in total. The molecule has 6 nitrogen and oxygen atoms in total. The van der Waals surface area contributed by atoms with E-state index in [0.29, 0.717) is 25.1 Å². The zero-order valence-corrected chi connectivity index (χ0v) is 18.1. The van der Waals surface area contributed by atoms with Gasteiger partial charge in [0, 0.05) is 25.2 Å². The first-order valence-electron chi connectivity index (χ1n) is 9.48. The van der Waals surface area contributed by atoms with Gasteiger partial charge in [0.05, 0.1) is 4.90 Å². The minimum atomic E-state index is -3.88. The van der Waals surface area contributed by atoms with Crippen molar-refractivity contribution in [2.24, 2.45) is 5.14 Å². The molecule has 0 saturated heterocycles. The molecule has 3 aromatic carbocycles. The molecule has 0 aliphatic rings. The highest BCUT2D eigenvalue weighted by molar-refractivity contribution is 7.89. The van der Waals surface area contributed by atoms with Crippen LogP contribution in [0.25, 0.3) is 0 Å². The molecule has 0 radical (unpaired) electrons. The predicted molar refractivity (Wildman–Crippen MR) is 122 cm³/mol. The van der Waals surface area contributed by atoms with Gasteiger partial charge in [-0.2, -0.15) is 0 Å². The Bertz CT molecular complexity index is 1050. The first kappa shape index (κ1) is 23.6. The van der Waals surface area contributed by atoms with Crippen LogP contribution in [0.5, 0.6) is 0 Å². The Morgan fingerprint density at radius 3 is 1.97 bits per heavy atom. The first-order chi connectivity index (χ1) is 13.8. The van der Waals surface area contributed by atoms with E-state index in [2.05, 4.69) is 5.32 Å². The standard InChI is InChI=1S/C23H27N3O2S.H2O/c1-26(2)17-20-14-22(25-16-19-11-7-4-8-12-19)21(23(15-20)29(24,27)28)13-18-9-5-3-6-10-18;/h3-12,14-15,25H,13,16-17H2,1-2H3,(H2,24,27,28);1H2. The molecule has 0 bridgehead atoms. The van der Waals surface area contributed by atoms with E-state index in [1.807, 2.05) is 85.7 Å². The van der Waals surface area contributed by atoms with Gasteiger partial charge in [-0.05, 0) is 48.5 Å². The summed E-state index contributed by atoms with van der Waals surface area (Å²) in [6.07, 6.45) is 0.478. The number of rotatable bonds is 8. The number of hydrogen-bond acceptors (Lipinski definition) is 4. The SMILES string of the molecule is CN(C)Cc1cc(NCc2ccccc2)c(Cc2ccccc2)c(S(N)(=O)=O)c1.O. The lowest BCUT2D eigenvalue weighted by Gasteiger charge is -2.19. The van der Waals surface area contributed by atoms with Crippen molar-refractivity contribution < 1.29 is 13.9 Å². The molecule has 3 aromatic rings. The average Bonchev–Trinajstić information content (AvgIpc) is 2.68. The molecule has 30 heavy (non-hydrogen) atoms. The molecular weight excluding hydrogens is 398 g/mol. The fourth-order valence-electron chi connectivity index (χ4n) is 3.35. The number of anilines is 1. The van der Waals surface area contributed by atoms with Gasteiger partial charge >= 0.3 is 0 Å². The zero-order chi connectivity index (χ0) is 20.9. The maximum atomic E-state index is 12.4. The Balaban J connectivity index is 0.00000320. The van der Waals surface area contributed by atoms with Gasteiger partial charge in [0.25, 0.3) is 0 Å². The second kappa shape index (κ2) is 10.4. The van der Waals surface area contributed by atoms with Gasteiger partial charge in [-0.25, -0.2) is 13.6 Å². The van der Waals surface area contributed by atoms with E-state index in [-0.39, 0.29) is 10.4 Å². The molecular formula is C23H29N3O3S. The van der Waals surface area contributed by atoms with Crippen LogP contribution in [0, 0.1) is 0 Å². The minimum absolute atomic E-state index is 0. The third kappa shape index (κ3) is 6.40. The van der Waals surface area contributed by atoms with E-state index in [4.69, 9.17) is 5.14 Å². The maximum Gasteiger partial charge on any atom is 0.238 e. The molecule has 0 saturated carbocycles. The quantitative estimate of drug-likeness (QED) is 0.576. The Hall–Kier alpha value is -2.71. The van der Waals surface area contributed by atoms with E-state index < -0.39 is 10.0 Å². The summed E-state index contributed by atoms with van der Waals surface area (Å²) in [6, 6.07) is 23.6. The topological polar surface area (TPSA) is 107 Å². The lowest BCUT2D eigenvalue weighted by atomic mass is 10.0. The largest absolute Gasteiger partial charge is 0.412 e. The summed E-state index contributed by atoms with van der Waals surface area (Å²) in [7, 11) is 0.0241. The molecule has 0 amide bonds. The summed E-state index contributed by atoms with van der Waals surface area (Å²) in [5.41, 5.74) is 4.53. The van der Waals surface area contributed by atoms with E-state index in [1.165, 1.54) is 0 Å². The smallest absolute Gasteiger partial charge is 0.238 e. The Kier molecular flexibility index (Phi) is 8.14. The van der Waals surface area contributed by atoms with Crippen LogP contribution in [0.2, 0.25) is 0 Å². The van der Waals surface area contributed by atoms with Crippen molar-refractivity contribution in [2.45, 2.75) is 24.4 Å². The Morgan fingerprint density at radius 2 is 1.43 bits per heavy atom. The highest BCUT2D eigenvalue weighted by Crippen LogP contribution is 2.29. The summed E-state index contributed by atoms with van der Waals surface area (Å²) in [4.78, 5) is 2.18. The molecule has 0 unspecified atom stereocenters. The van der Waals surface area contributed by atoms with Crippen LogP contribution in [0.4, 0.5) is 5.69 Å². The number of nitrogens with zero attached hydrogens (tertiary/aromatic N) is 1. The van der Waals surface area contributed by atoms with Gasteiger partial charge in [0.1, 0.15) is 0 Å². The summed E-state index contributed by atoms with van der Waals surface area (Å²) in [5.74, 6) is 0. The molecule has 0 aliphatic carbocycles. The lowest BCUT2D eigenvalue weighted by molar-refractivity contribution is 0.402. The van der Waals surface area contributed by atoms with E-state index in [1.54, 1.807) is 6.07 Å². The van der Waals surface area contributed by atoms with E-state index in [9.17, 15) is 8.42 Å². The minimum Gasteiger partial charge on any atom is -0.412 e. The normalized spacial score (nSPS) is 11.2. The molecule has 0 heterocycles. The fourth-order valence-corrected chi connectivity index (χ4v) is 4.19. The van der Waals surface area contributed by atoms with Gasteiger partial charge in [-0.15, -0.1) is 0 Å². The number of nitrogens with one attached hydrogen (secondary N) is 1. The zero-order valence-electron chi connectivity index (χ0n) is 17.3. The molecule has 160 valence electrons. The number of primary sulfonamides is 1. The predicted octanol–water partition coefficient (Wildman–Crippen LogP) is 2.77. The van der Waals surface area contributed by atoms with Crippen molar-refractivity contribution in [1.82, 2.24) is 4.90 Å². The molecule has 0 atom stereocenters. The fraction of sp³-hybridized carbons (Fsp3) is 0.217. The highest BCUT2D eigenvalue weighted by Gasteiger charge is 2.20. The second-order valence-electron chi connectivity index (χ2n) is 7.40. The van der Waals surface area contributed by atoms with Crippen LogP contribution in [0.3, 0.4) is 0 Å². The monoisotopic (exact) mass is 427 g/mol. The van der Waals surface area contributed by atoms with Crippen molar-refractivity contribution in [1.29, 1.82) is 0 Å². The number of sulfonamides is 1. The van der Waals surface area contributed by atoms with Gasteiger partial charge in [0.15, 0.2) is 0 Å². The first-order valence-corrected chi connectivity index (χ1v) is 11.0. The van der Waals surface area contributed by atoms with Gasteiger partial charge in [-0.3, -0.25) is 0 Å². The summed E-state index contributed by atoms with van der Waals surface area (Å²) in [5, 5.41) is 9.06. The van der Waals surface area contributed by atoms with Crippen molar-refractivity contribution in [3.05, 3.63) is 95.1 Å². The molecule has 0 fully saturated rings. The van der Waals surface area contributed by atoms with Crippen molar-refractivity contribution in [2.75, 3.05) is 19.4 Å². The summed E-state index contributed by atoms with van der Waals surface area (Å²) in [6.45, 7) is 1.21. The van der Waals surface area contributed by atoms with Crippen molar-refractivity contribution in [3.8, 4) is 0 Å². The van der Waals surface area contributed by atoms with Crippen LogP contribution in [-0.2, 0) is 29.5 Å². The number of hydrogen-bond donors (Lipinski definition) is 2. The second-order valence-corrected chi connectivity index (χ2v) is 8.93. The van der Waals surface area contributed by atoms with Crippen LogP contribution in [0.1, 0.15) is 22.3 Å². The molecule has 0 aliphatic heterocycles. The maximum absolute atomic E-state index is 12.4. The van der Waals surface area contributed by atoms with Crippen molar-refractivity contribution in [3.63, 3.8) is 0 Å². The third-order valence-corrected chi connectivity index (χ3v) is 5.60. The van der Waals surface area contributed by atoms with E-state index in [0.717, 1.165) is 22.4 Å². The van der Waals surface area contributed by atoms with Crippen LogP contribution in [-0.4, -0.2) is 32.9 Å². The third-order valence-electron chi connectivity index (χ3n) is 4.62. The van der Waals surface area contributed by atoms with Crippen LogP contribution >= 0.6 is 0 Å². The van der Waals surface area contributed by atoms with Crippen LogP contribution < -0.4 is 10.5 Å². The average molecular weight is 428 g/mol. The highest BCUT2D eigenvalue weighted by atomic mass is 32.2. The van der Waals surface area contributed by atoms with Gasteiger partial charge in [-0.1, -0.05) is 60.7 Å². The van der Waals surface area contributed by atoms with Gasteiger partial charge < -0.3 is 15.7 Å². The molecule has 7 heteroatoms. The lowest BCUT2D eigenvalue weighted by Crippen LogP contribution is -2.18. The molecule has 0 aromatic heterocycles. The van der Waals surface area contributed by atoms with E-state index >= 15 is 0 Å². The summed E-state index contributed by atoms with van der Waals surface area (Å²) >= 11 is 0. The molecule has 0 spiro atoms.